The van der Waals surface area contributed by atoms with E-state index in [1.807, 2.05) is 34.9 Å². The molecule has 2 N–H and O–H groups in total. The first-order valence-corrected chi connectivity index (χ1v) is 10.7. The minimum absolute atomic E-state index is 0.195. The van der Waals surface area contributed by atoms with Gasteiger partial charge in [-0.3, -0.25) is 14.1 Å². The van der Waals surface area contributed by atoms with Crippen LogP contribution in [0.15, 0.2) is 47.5 Å². The molecule has 156 valence electrons. The highest BCUT2D eigenvalue weighted by Gasteiger charge is 2.29. The Morgan fingerprint density at radius 2 is 1.93 bits per heavy atom. The summed E-state index contributed by atoms with van der Waals surface area (Å²) in [5, 5.41) is 8.94. The highest BCUT2D eigenvalue weighted by Crippen LogP contribution is 2.33. The van der Waals surface area contributed by atoms with Crippen LogP contribution in [0.25, 0.3) is 5.69 Å². The normalized spacial score (nSPS) is 15.7. The van der Waals surface area contributed by atoms with E-state index in [2.05, 4.69) is 14.9 Å². The Hall–Kier alpha value is -2.79. The number of methoxy groups -OCH3 is 1. The first kappa shape index (κ1) is 20.5. The van der Waals surface area contributed by atoms with Crippen molar-refractivity contribution in [2.24, 2.45) is 4.99 Å². The molecule has 1 aliphatic heterocycles. The molecule has 1 aromatic heterocycles. The predicted molar refractivity (Wildman–Crippen MR) is 112 cm³/mol. The fourth-order valence-corrected chi connectivity index (χ4v) is 3.86. The summed E-state index contributed by atoms with van der Waals surface area (Å²) in [6.07, 6.45) is 0. The lowest BCUT2D eigenvalue weighted by molar-refractivity contribution is 0.414. The van der Waals surface area contributed by atoms with Crippen LogP contribution in [0.5, 0.6) is 5.75 Å². The minimum atomic E-state index is -4.41. The SMILES string of the molecule is COc1ccc2c(c1)C(c1ccc(Cl)cc1)=N[C@H](CNS(=O)(=O)O)c1nnc(C)n1-2. The van der Waals surface area contributed by atoms with Crippen molar-refractivity contribution in [3.05, 3.63) is 70.3 Å². The van der Waals surface area contributed by atoms with Gasteiger partial charge in [-0.05, 0) is 37.3 Å². The Balaban J connectivity index is 1.97. The minimum Gasteiger partial charge on any atom is -0.497 e. The zero-order valence-corrected chi connectivity index (χ0v) is 17.6. The summed E-state index contributed by atoms with van der Waals surface area (Å²) in [5.41, 5.74) is 2.92. The van der Waals surface area contributed by atoms with E-state index in [4.69, 9.17) is 25.9 Å². The number of nitrogens with one attached hydrogen (secondary N) is 1. The van der Waals surface area contributed by atoms with E-state index in [9.17, 15) is 8.42 Å². The second-order valence-corrected chi connectivity index (χ2v) is 8.32. The van der Waals surface area contributed by atoms with Gasteiger partial charge in [0.25, 0.3) is 0 Å². The molecule has 0 bridgehead atoms. The summed E-state index contributed by atoms with van der Waals surface area (Å²) in [7, 11) is -2.84. The molecule has 2 heterocycles. The van der Waals surface area contributed by atoms with Crippen molar-refractivity contribution in [3.8, 4) is 11.4 Å². The predicted octanol–water partition coefficient (Wildman–Crippen LogP) is 2.52. The van der Waals surface area contributed by atoms with Gasteiger partial charge in [0.15, 0.2) is 5.82 Å². The third-order valence-corrected chi connectivity index (χ3v) is 5.49. The quantitative estimate of drug-likeness (QED) is 0.580. The summed E-state index contributed by atoms with van der Waals surface area (Å²) in [6, 6.07) is 12.0. The molecule has 3 aromatic rings. The molecule has 0 radical (unpaired) electrons. The molecule has 1 aliphatic rings. The van der Waals surface area contributed by atoms with Gasteiger partial charge in [0, 0.05) is 22.7 Å². The van der Waals surface area contributed by atoms with Gasteiger partial charge >= 0.3 is 10.3 Å². The number of hydrogen-bond acceptors (Lipinski definition) is 6. The molecule has 0 aliphatic carbocycles. The molecular formula is C19H18ClN5O4S. The van der Waals surface area contributed by atoms with E-state index < -0.39 is 16.3 Å². The van der Waals surface area contributed by atoms with Crippen molar-refractivity contribution in [1.29, 1.82) is 0 Å². The van der Waals surface area contributed by atoms with Gasteiger partial charge in [0.1, 0.15) is 17.6 Å². The number of nitrogens with zero attached hydrogens (tertiary/aromatic N) is 4. The molecule has 2 aromatic carbocycles. The summed E-state index contributed by atoms with van der Waals surface area (Å²) >= 11 is 6.05. The Bertz CT molecular complexity index is 1240. The first-order valence-electron chi connectivity index (χ1n) is 8.93. The van der Waals surface area contributed by atoms with Gasteiger partial charge in [-0.15, -0.1) is 10.2 Å². The Kier molecular flexibility index (Phi) is 5.33. The Morgan fingerprint density at radius 1 is 1.20 bits per heavy atom. The standard InChI is InChI=1S/C19H18ClN5O4S/c1-11-23-24-19-16(10-21-30(26,27)28)22-18(12-3-5-13(20)6-4-12)15-9-14(29-2)7-8-17(15)25(11)19/h3-9,16,21H,10H2,1-2H3,(H,26,27,28)/t16-/m1/s1. The van der Waals surface area contributed by atoms with Crippen LogP contribution in [0.3, 0.4) is 0 Å². The summed E-state index contributed by atoms with van der Waals surface area (Å²) in [6.45, 7) is 1.60. The van der Waals surface area contributed by atoms with Crippen LogP contribution in [0, 0.1) is 6.92 Å². The fourth-order valence-electron chi connectivity index (χ4n) is 3.36. The molecule has 0 unspecified atom stereocenters. The van der Waals surface area contributed by atoms with Crippen molar-refractivity contribution in [2.75, 3.05) is 13.7 Å². The van der Waals surface area contributed by atoms with Gasteiger partial charge in [-0.25, -0.2) is 0 Å². The molecule has 0 amide bonds. The van der Waals surface area contributed by atoms with Crippen molar-refractivity contribution >= 4 is 27.6 Å². The number of aliphatic imine (C=N–C) groups is 1. The van der Waals surface area contributed by atoms with Gasteiger partial charge in [-0.2, -0.15) is 13.1 Å². The van der Waals surface area contributed by atoms with Crippen LogP contribution in [0.1, 0.15) is 28.8 Å². The third kappa shape index (κ3) is 3.94. The molecule has 0 saturated heterocycles. The number of halogens is 1. The number of ether oxygens (including phenoxy) is 1. The number of fused-ring (bicyclic) bond motifs is 3. The van der Waals surface area contributed by atoms with Gasteiger partial charge < -0.3 is 4.74 Å². The molecule has 1 atom stereocenters. The van der Waals surface area contributed by atoms with Crippen LogP contribution in [-0.2, 0) is 10.3 Å². The molecule has 4 rings (SSSR count). The highest BCUT2D eigenvalue weighted by atomic mass is 35.5. The largest absolute Gasteiger partial charge is 0.497 e. The number of aryl methyl sites for hydroxylation is 1. The molecular weight excluding hydrogens is 430 g/mol. The van der Waals surface area contributed by atoms with Crippen molar-refractivity contribution in [2.45, 2.75) is 13.0 Å². The van der Waals surface area contributed by atoms with Gasteiger partial charge in [-0.1, -0.05) is 23.7 Å². The highest BCUT2D eigenvalue weighted by molar-refractivity contribution is 7.83. The van der Waals surface area contributed by atoms with Crippen molar-refractivity contribution in [1.82, 2.24) is 19.5 Å². The molecule has 30 heavy (non-hydrogen) atoms. The van der Waals surface area contributed by atoms with Crippen LogP contribution >= 0.6 is 11.6 Å². The molecule has 0 fully saturated rings. The van der Waals surface area contributed by atoms with Crippen LogP contribution in [0.4, 0.5) is 0 Å². The van der Waals surface area contributed by atoms with Crippen LogP contribution < -0.4 is 9.46 Å². The monoisotopic (exact) mass is 447 g/mol. The second kappa shape index (κ2) is 7.80. The Labute approximate surface area is 178 Å². The zero-order chi connectivity index (χ0) is 21.5. The van der Waals surface area contributed by atoms with Gasteiger partial charge in [0.2, 0.25) is 0 Å². The number of hydrogen-bond donors (Lipinski definition) is 2. The maximum Gasteiger partial charge on any atom is 0.333 e. The molecule has 0 spiro atoms. The van der Waals surface area contributed by atoms with E-state index in [-0.39, 0.29) is 6.54 Å². The zero-order valence-electron chi connectivity index (χ0n) is 16.1. The first-order chi connectivity index (χ1) is 14.3. The van der Waals surface area contributed by atoms with Gasteiger partial charge in [0.05, 0.1) is 18.5 Å². The molecule has 9 nitrogen and oxygen atoms in total. The van der Waals surface area contributed by atoms with Crippen molar-refractivity contribution < 1.29 is 17.7 Å². The smallest absolute Gasteiger partial charge is 0.333 e. The van der Waals surface area contributed by atoms with E-state index in [0.29, 0.717) is 28.1 Å². The molecule has 0 saturated carbocycles. The third-order valence-electron chi connectivity index (χ3n) is 4.71. The lowest BCUT2D eigenvalue weighted by Crippen LogP contribution is -2.28. The summed E-state index contributed by atoms with van der Waals surface area (Å²) in [4.78, 5) is 4.81. The average molecular weight is 448 g/mol. The summed E-state index contributed by atoms with van der Waals surface area (Å²) < 4.78 is 41.1. The van der Waals surface area contributed by atoms with E-state index in [0.717, 1.165) is 16.8 Å². The number of benzene rings is 2. The Morgan fingerprint density at radius 3 is 2.60 bits per heavy atom. The van der Waals surface area contributed by atoms with E-state index >= 15 is 0 Å². The van der Waals surface area contributed by atoms with E-state index in [1.54, 1.807) is 26.2 Å². The van der Waals surface area contributed by atoms with Crippen LogP contribution in [0.2, 0.25) is 5.02 Å². The maximum absolute atomic E-state index is 11.3. The summed E-state index contributed by atoms with van der Waals surface area (Å²) in [5.74, 6) is 1.69. The van der Waals surface area contributed by atoms with Crippen LogP contribution in [-0.4, -0.2) is 47.1 Å². The average Bonchev–Trinajstić information content (AvgIpc) is 3.02. The van der Waals surface area contributed by atoms with E-state index in [1.165, 1.54) is 0 Å². The number of aromatic nitrogens is 3. The fraction of sp³-hybridized carbons (Fsp3) is 0.211. The van der Waals surface area contributed by atoms with Crippen molar-refractivity contribution in [3.63, 3.8) is 0 Å². The molecule has 11 heteroatoms. The lowest BCUT2D eigenvalue weighted by Gasteiger charge is -2.14. The lowest BCUT2D eigenvalue weighted by atomic mass is 10.00. The number of rotatable bonds is 5. The topological polar surface area (TPSA) is 119 Å². The second-order valence-electron chi connectivity index (χ2n) is 6.65. The maximum atomic E-state index is 11.3.